The average molecular weight is 534 g/mol. The van der Waals surface area contributed by atoms with Crippen molar-refractivity contribution in [2.75, 3.05) is 6.54 Å². The number of nitrogens with two attached hydrogens (primary N) is 1. The van der Waals surface area contributed by atoms with Gasteiger partial charge < -0.3 is 26.7 Å². The number of rotatable bonds is 15. The molecule has 0 aliphatic rings. The maximum Gasteiger partial charge on any atom is 0.243 e. The Morgan fingerprint density at radius 1 is 0.897 bits per heavy atom. The molecule has 0 aliphatic carbocycles. The van der Waals surface area contributed by atoms with E-state index in [-0.39, 0.29) is 24.2 Å². The second-order valence-corrected chi connectivity index (χ2v) is 10.6. The maximum atomic E-state index is 13.6. The van der Waals surface area contributed by atoms with Crippen LogP contribution in [0.4, 0.5) is 0 Å². The van der Waals surface area contributed by atoms with Gasteiger partial charge in [-0.1, -0.05) is 82.1 Å². The molecule has 0 fully saturated rings. The first kappa shape index (κ1) is 29.9. The third-order valence-electron chi connectivity index (χ3n) is 6.83. The van der Waals surface area contributed by atoms with Crippen molar-refractivity contribution in [2.24, 2.45) is 11.7 Å². The molecule has 1 aromatic heterocycles. The molecule has 8 heteroatoms. The van der Waals surface area contributed by atoms with E-state index in [9.17, 15) is 14.4 Å². The van der Waals surface area contributed by atoms with Crippen LogP contribution in [0, 0.1) is 5.92 Å². The number of aromatic amines is 1. The van der Waals surface area contributed by atoms with Gasteiger partial charge in [-0.2, -0.15) is 0 Å². The fourth-order valence-corrected chi connectivity index (χ4v) is 4.64. The molecule has 3 amide bonds. The Morgan fingerprint density at radius 3 is 2.31 bits per heavy atom. The van der Waals surface area contributed by atoms with Gasteiger partial charge in [-0.25, -0.2) is 0 Å². The smallest absolute Gasteiger partial charge is 0.243 e. The van der Waals surface area contributed by atoms with Crippen LogP contribution in [-0.4, -0.2) is 47.4 Å². The van der Waals surface area contributed by atoms with E-state index in [2.05, 4.69) is 20.9 Å². The highest BCUT2D eigenvalue weighted by molar-refractivity contribution is 5.94. The van der Waals surface area contributed by atoms with Crippen LogP contribution < -0.4 is 21.7 Å². The Hall–Kier alpha value is -3.65. The minimum Gasteiger partial charge on any atom is -0.361 e. The van der Waals surface area contributed by atoms with E-state index < -0.39 is 24.0 Å². The summed E-state index contributed by atoms with van der Waals surface area (Å²) in [5, 5.41) is 9.75. The largest absolute Gasteiger partial charge is 0.361 e. The van der Waals surface area contributed by atoms with Gasteiger partial charge in [-0.05, 0) is 42.4 Å². The summed E-state index contributed by atoms with van der Waals surface area (Å²) < 4.78 is 0. The number of fused-ring (bicyclic) bond motifs is 1. The van der Waals surface area contributed by atoms with Gasteiger partial charge in [0.25, 0.3) is 0 Å². The molecule has 0 aliphatic heterocycles. The van der Waals surface area contributed by atoms with Crippen LogP contribution in [0.1, 0.15) is 57.6 Å². The second kappa shape index (κ2) is 15.1. The van der Waals surface area contributed by atoms with Crippen LogP contribution in [-0.2, 0) is 27.2 Å². The number of hydrogen-bond acceptors (Lipinski definition) is 4. The standard InChI is InChI=1S/C31H43N5O3/c1-4-5-14-25(32)29(37)35-28(19-23-20-34-26-15-10-9-13-24(23)26)31(39)36-27(18-21(2)3)30(38)33-17-16-22-11-7-6-8-12-22/h6-13,15,20-21,25,27-28,34H,4-5,14,16-19,32H2,1-3H3,(H,33,38)(H,35,37)(H,36,39)/t25-,27-,28-/m0/s1. The lowest BCUT2D eigenvalue weighted by Gasteiger charge is -2.25. The van der Waals surface area contributed by atoms with Crippen molar-refractivity contribution in [3.63, 3.8) is 0 Å². The normalized spacial score (nSPS) is 13.6. The lowest BCUT2D eigenvalue weighted by molar-refractivity contribution is -0.132. The highest BCUT2D eigenvalue weighted by atomic mass is 16.2. The van der Waals surface area contributed by atoms with Crippen molar-refractivity contribution in [1.82, 2.24) is 20.9 Å². The zero-order chi connectivity index (χ0) is 28.2. The minimum absolute atomic E-state index is 0.180. The topological polar surface area (TPSA) is 129 Å². The molecule has 0 bridgehead atoms. The number of H-pyrrole nitrogens is 1. The van der Waals surface area contributed by atoms with E-state index in [0.717, 1.165) is 34.9 Å². The Balaban J connectivity index is 1.73. The van der Waals surface area contributed by atoms with Crippen LogP contribution in [0.15, 0.2) is 60.8 Å². The molecule has 39 heavy (non-hydrogen) atoms. The zero-order valence-corrected chi connectivity index (χ0v) is 23.3. The molecule has 0 saturated carbocycles. The minimum atomic E-state index is -0.879. The van der Waals surface area contributed by atoms with E-state index >= 15 is 0 Å². The Labute approximate surface area is 231 Å². The van der Waals surface area contributed by atoms with Gasteiger partial charge in [0, 0.05) is 30.1 Å². The van der Waals surface area contributed by atoms with E-state index in [1.807, 2.05) is 81.6 Å². The van der Waals surface area contributed by atoms with Gasteiger partial charge in [-0.15, -0.1) is 0 Å². The fourth-order valence-electron chi connectivity index (χ4n) is 4.64. The molecule has 3 atom stereocenters. The van der Waals surface area contributed by atoms with Gasteiger partial charge in [0.1, 0.15) is 12.1 Å². The lowest BCUT2D eigenvalue weighted by atomic mass is 10.00. The van der Waals surface area contributed by atoms with E-state index in [0.29, 0.717) is 25.8 Å². The maximum absolute atomic E-state index is 13.6. The molecule has 2 aromatic carbocycles. The molecule has 6 N–H and O–H groups in total. The first-order valence-corrected chi connectivity index (χ1v) is 14.0. The molecule has 0 radical (unpaired) electrons. The summed E-state index contributed by atoms with van der Waals surface area (Å²) in [6.45, 7) is 6.52. The number of benzene rings is 2. The monoisotopic (exact) mass is 533 g/mol. The van der Waals surface area contributed by atoms with Gasteiger partial charge >= 0.3 is 0 Å². The van der Waals surface area contributed by atoms with Gasteiger partial charge in [0.05, 0.1) is 6.04 Å². The van der Waals surface area contributed by atoms with Gasteiger partial charge in [-0.3, -0.25) is 14.4 Å². The summed E-state index contributed by atoms with van der Waals surface area (Å²) in [4.78, 5) is 42.9. The second-order valence-electron chi connectivity index (χ2n) is 10.6. The number of hydrogen-bond donors (Lipinski definition) is 5. The fraction of sp³-hybridized carbons (Fsp3) is 0.452. The summed E-state index contributed by atoms with van der Waals surface area (Å²) >= 11 is 0. The summed E-state index contributed by atoms with van der Waals surface area (Å²) in [5.74, 6) is -0.819. The first-order chi connectivity index (χ1) is 18.8. The molecule has 3 rings (SSSR count). The summed E-state index contributed by atoms with van der Waals surface area (Å²) in [6.07, 6.45) is 5.60. The lowest BCUT2D eigenvalue weighted by Crippen LogP contribution is -2.56. The molecule has 0 saturated heterocycles. The predicted molar refractivity (Wildman–Crippen MR) is 156 cm³/mol. The number of nitrogens with one attached hydrogen (secondary N) is 4. The number of carbonyl (C=O) groups excluding carboxylic acids is 3. The number of carbonyl (C=O) groups is 3. The highest BCUT2D eigenvalue weighted by Gasteiger charge is 2.29. The third kappa shape index (κ3) is 9.25. The zero-order valence-electron chi connectivity index (χ0n) is 23.3. The SMILES string of the molecule is CCCC[C@H](N)C(=O)N[C@@H](Cc1c[nH]c2ccccc12)C(=O)N[C@@H](CC(C)C)C(=O)NCCc1ccccc1. The number of amides is 3. The summed E-state index contributed by atoms with van der Waals surface area (Å²) in [5.41, 5.74) is 9.10. The Bertz CT molecular complexity index is 1210. The molecule has 3 aromatic rings. The van der Waals surface area contributed by atoms with Crippen LogP contribution >= 0.6 is 0 Å². The number of aromatic nitrogens is 1. The van der Waals surface area contributed by atoms with Gasteiger partial charge in [0.15, 0.2) is 0 Å². The van der Waals surface area contributed by atoms with Crippen molar-refractivity contribution in [3.05, 3.63) is 71.9 Å². The summed E-state index contributed by atoms with van der Waals surface area (Å²) in [7, 11) is 0. The Kier molecular flexibility index (Phi) is 11.6. The van der Waals surface area contributed by atoms with Crippen LogP contribution in [0.2, 0.25) is 0 Å². The predicted octanol–water partition coefficient (Wildman–Crippen LogP) is 3.60. The number of para-hydroxylation sites is 1. The third-order valence-corrected chi connectivity index (χ3v) is 6.83. The molecular weight excluding hydrogens is 490 g/mol. The first-order valence-electron chi connectivity index (χ1n) is 14.0. The van der Waals surface area contributed by atoms with Crippen LogP contribution in [0.5, 0.6) is 0 Å². The highest BCUT2D eigenvalue weighted by Crippen LogP contribution is 2.19. The quantitative estimate of drug-likeness (QED) is 0.204. The Morgan fingerprint density at radius 2 is 1.59 bits per heavy atom. The number of unbranched alkanes of at least 4 members (excludes halogenated alkanes) is 1. The average Bonchev–Trinajstić information content (AvgIpc) is 3.33. The molecule has 0 unspecified atom stereocenters. The van der Waals surface area contributed by atoms with E-state index in [1.54, 1.807) is 0 Å². The van der Waals surface area contributed by atoms with Crippen molar-refractivity contribution in [3.8, 4) is 0 Å². The van der Waals surface area contributed by atoms with E-state index in [4.69, 9.17) is 5.73 Å². The van der Waals surface area contributed by atoms with Crippen molar-refractivity contribution < 1.29 is 14.4 Å². The van der Waals surface area contributed by atoms with Crippen molar-refractivity contribution in [2.45, 2.75) is 77.4 Å². The summed E-state index contributed by atoms with van der Waals surface area (Å²) in [6, 6.07) is 15.4. The molecule has 0 spiro atoms. The van der Waals surface area contributed by atoms with Gasteiger partial charge in [0.2, 0.25) is 17.7 Å². The molecule has 8 nitrogen and oxygen atoms in total. The van der Waals surface area contributed by atoms with Crippen molar-refractivity contribution in [1.29, 1.82) is 0 Å². The van der Waals surface area contributed by atoms with Crippen LogP contribution in [0.3, 0.4) is 0 Å². The molecular formula is C31H43N5O3. The van der Waals surface area contributed by atoms with Crippen molar-refractivity contribution >= 4 is 28.6 Å². The van der Waals surface area contributed by atoms with Crippen LogP contribution in [0.25, 0.3) is 10.9 Å². The molecule has 1 heterocycles. The molecule has 210 valence electrons. The van der Waals surface area contributed by atoms with E-state index in [1.165, 1.54) is 0 Å².